The smallest absolute Gasteiger partial charge is 0.348 e. The second-order valence-corrected chi connectivity index (χ2v) is 3.16. The van der Waals surface area contributed by atoms with Gasteiger partial charge in [-0.2, -0.15) is 8.78 Å². The molecule has 3 N–H and O–H groups in total. The molecule has 0 heterocycles. The molecule has 0 aliphatic rings. The minimum atomic E-state index is -3.61. The summed E-state index contributed by atoms with van der Waals surface area (Å²) in [5.41, 5.74) is 2.14. The molecule has 0 aromatic heterocycles. The molecule has 0 fully saturated rings. The van der Waals surface area contributed by atoms with Gasteiger partial charge in [0, 0.05) is 0 Å². The summed E-state index contributed by atoms with van der Waals surface area (Å²) in [7, 11) is 0. The van der Waals surface area contributed by atoms with Crippen LogP contribution < -0.4 is 11.3 Å². The third-order valence-electron chi connectivity index (χ3n) is 1.86. The van der Waals surface area contributed by atoms with Crippen LogP contribution in [0.15, 0.2) is 30.3 Å². The number of rotatable bonds is 5. The van der Waals surface area contributed by atoms with E-state index in [0.29, 0.717) is 0 Å². The summed E-state index contributed by atoms with van der Waals surface area (Å²) < 4.78 is 30.5. The van der Waals surface area contributed by atoms with Gasteiger partial charge in [-0.15, -0.1) is 0 Å². The number of hydrogen-bond donors (Lipinski definition) is 2. The Morgan fingerprint density at radius 2 is 2.00 bits per heavy atom. The van der Waals surface area contributed by atoms with Crippen molar-refractivity contribution < 1.29 is 18.3 Å². The van der Waals surface area contributed by atoms with Crippen molar-refractivity contribution in [2.24, 2.45) is 5.84 Å². The molecule has 0 saturated carbocycles. The highest BCUT2D eigenvalue weighted by atomic mass is 19.3. The molecule has 0 aliphatic carbocycles. The van der Waals surface area contributed by atoms with Crippen LogP contribution in [0.3, 0.4) is 0 Å². The molecular weight excluding hydrogens is 218 g/mol. The molecule has 1 aromatic carbocycles. The van der Waals surface area contributed by atoms with E-state index >= 15 is 0 Å². The summed E-state index contributed by atoms with van der Waals surface area (Å²) in [5, 5.41) is 0. The predicted molar refractivity (Wildman–Crippen MR) is 53.4 cm³/mol. The molecule has 1 aromatic rings. The Bertz CT molecular complexity index is 344. The van der Waals surface area contributed by atoms with Gasteiger partial charge in [0.2, 0.25) is 0 Å². The molecule has 0 spiro atoms. The van der Waals surface area contributed by atoms with Crippen LogP contribution in [-0.4, -0.2) is 18.4 Å². The largest absolute Gasteiger partial charge is 0.370 e. The fourth-order valence-corrected chi connectivity index (χ4v) is 1.04. The van der Waals surface area contributed by atoms with Gasteiger partial charge in [0.1, 0.15) is 6.61 Å². The minimum absolute atomic E-state index is 0.0221. The minimum Gasteiger partial charge on any atom is -0.370 e. The summed E-state index contributed by atoms with van der Waals surface area (Å²) in [5.74, 6) is -0.557. The van der Waals surface area contributed by atoms with Gasteiger partial charge in [0.15, 0.2) is 0 Å². The van der Waals surface area contributed by atoms with Crippen molar-refractivity contribution in [2.75, 3.05) is 6.61 Å². The lowest BCUT2D eigenvalue weighted by atomic mass is 10.2. The third-order valence-corrected chi connectivity index (χ3v) is 1.86. The molecule has 0 atom stereocenters. The number of nitrogens with one attached hydrogen (secondary N) is 1. The zero-order valence-corrected chi connectivity index (χ0v) is 8.45. The number of amides is 1. The van der Waals surface area contributed by atoms with Gasteiger partial charge >= 0.3 is 11.8 Å². The van der Waals surface area contributed by atoms with Crippen LogP contribution in [0.5, 0.6) is 0 Å². The first-order valence-corrected chi connectivity index (χ1v) is 4.57. The predicted octanol–water partition coefficient (Wildman–Crippen LogP) is 0.828. The van der Waals surface area contributed by atoms with Crippen molar-refractivity contribution in [1.29, 1.82) is 0 Å². The zero-order valence-electron chi connectivity index (χ0n) is 8.45. The maximum absolute atomic E-state index is 12.9. The highest BCUT2D eigenvalue weighted by Gasteiger charge is 2.38. The molecule has 0 radical (unpaired) electrons. The molecule has 0 aliphatic heterocycles. The first-order chi connectivity index (χ1) is 7.56. The topological polar surface area (TPSA) is 64.3 Å². The lowest BCUT2D eigenvalue weighted by Crippen LogP contribution is -2.46. The fourth-order valence-electron chi connectivity index (χ4n) is 1.04. The summed E-state index contributed by atoms with van der Waals surface area (Å²) in [6.45, 7) is -0.973. The molecule has 1 amide bonds. The second-order valence-electron chi connectivity index (χ2n) is 3.16. The molecule has 0 unspecified atom stereocenters. The van der Waals surface area contributed by atoms with E-state index in [1.54, 1.807) is 30.3 Å². The number of carbonyl (C=O) groups is 1. The summed E-state index contributed by atoms with van der Waals surface area (Å²) >= 11 is 0. The summed E-state index contributed by atoms with van der Waals surface area (Å²) in [4.78, 5) is 10.6. The van der Waals surface area contributed by atoms with Crippen molar-refractivity contribution in [1.82, 2.24) is 5.43 Å². The molecular formula is C10H12F2N2O2. The van der Waals surface area contributed by atoms with Gasteiger partial charge in [-0.05, 0) is 5.56 Å². The maximum atomic E-state index is 12.9. The molecule has 0 saturated heterocycles. The first kappa shape index (κ1) is 12.5. The van der Waals surface area contributed by atoms with Crippen molar-refractivity contribution in [3.05, 3.63) is 35.9 Å². The Morgan fingerprint density at radius 3 is 2.56 bits per heavy atom. The van der Waals surface area contributed by atoms with Gasteiger partial charge in [-0.25, -0.2) is 5.84 Å². The monoisotopic (exact) mass is 230 g/mol. The second kappa shape index (κ2) is 5.53. The van der Waals surface area contributed by atoms with Crippen LogP contribution in [-0.2, 0) is 16.1 Å². The van der Waals surface area contributed by atoms with Crippen LogP contribution in [0.1, 0.15) is 5.56 Å². The number of alkyl halides is 2. The fraction of sp³-hybridized carbons (Fsp3) is 0.300. The van der Waals surface area contributed by atoms with Crippen molar-refractivity contribution >= 4 is 5.91 Å². The molecule has 6 heteroatoms. The summed E-state index contributed by atoms with van der Waals surface area (Å²) in [6.07, 6.45) is 0. The molecule has 16 heavy (non-hydrogen) atoms. The highest BCUT2D eigenvalue weighted by Crippen LogP contribution is 2.14. The van der Waals surface area contributed by atoms with E-state index in [1.807, 2.05) is 0 Å². The Kier molecular flexibility index (Phi) is 4.33. The van der Waals surface area contributed by atoms with E-state index in [9.17, 15) is 13.6 Å². The van der Waals surface area contributed by atoms with Crippen LogP contribution >= 0.6 is 0 Å². The SMILES string of the molecule is NNC(=O)C(F)(F)COCc1ccccc1. The van der Waals surface area contributed by atoms with Crippen LogP contribution in [0.25, 0.3) is 0 Å². The van der Waals surface area contributed by atoms with Crippen molar-refractivity contribution in [3.8, 4) is 0 Å². The van der Waals surface area contributed by atoms with Gasteiger partial charge in [0.05, 0.1) is 6.61 Å². The van der Waals surface area contributed by atoms with Gasteiger partial charge in [-0.3, -0.25) is 10.2 Å². The lowest BCUT2D eigenvalue weighted by Gasteiger charge is -2.14. The number of hydrogen-bond acceptors (Lipinski definition) is 3. The van der Waals surface area contributed by atoms with Crippen molar-refractivity contribution in [2.45, 2.75) is 12.5 Å². The third kappa shape index (κ3) is 3.56. The molecule has 0 bridgehead atoms. The molecule has 4 nitrogen and oxygen atoms in total. The highest BCUT2D eigenvalue weighted by molar-refractivity contribution is 5.82. The van der Waals surface area contributed by atoms with E-state index in [-0.39, 0.29) is 6.61 Å². The number of carbonyl (C=O) groups excluding carboxylic acids is 1. The Hall–Kier alpha value is -1.53. The van der Waals surface area contributed by atoms with E-state index in [4.69, 9.17) is 4.74 Å². The van der Waals surface area contributed by atoms with E-state index in [0.717, 1.165) is 5.56 Å². The lowest BCUT2D eigenvalue weighted by molar-refractivity contribution is -0.155. The van der Waals surface area contributed by atoms with Crippen LogP contribution in [0.2, 0.25) is 0 Å². The first-order valence-electron chi connectivity index (χ1n) is 4.57. The number of nitrogens with two attached hydrogens (primary N) is 1. The van der Waals surface area contributed by atoms with Gasteiger partial charge < -0.3 is 4.74 Å². The van der Waals surface area contributed by atoms with Crippen molar-refractivity contribution in [3.63, 3.8) is 0 Å². The molecule has 88 valence electrons. The van der Waals surface area contributed by atoms with E-state index in [1.165, 1.54) is 5.43 Å². The van der Waals surface area contributed by atoms with E-state index < -0.39 is 18.4 Å². The zero-order chi connectivity index (χ0) is 12.0. The number of hydrazine groups is 1. The quantitative estimate of drug-likeness (QED) is 0.447. The van der Waals surface area contributed by atoms with E-state index in [2.05, 4.69) is 5.84 Å². The number of halogens is 2. The normalized spacial score (nSPS) is 11.2. The standard InChI is InChI=1S/C10H12F2N2O2/c11-10(12,9(15)14-13)7-16-6-8-4-2-1-3-5-8/h1-5H,6-7,13H2,(H,14,15). The number of ether oxygens (including phenoxy) is 1. The van der Waals surface area contributed by atoms with Crippen LogP contribution in [0, 0.1) is 0 Å². The molecule has 1 rings (SSSR count). The Balaban J connectivity index is 2.38. The number of benzene rings is 1. The van der Waals surface area contributed by atoms with Gasteiger partial charge in [0.25, 0.3) is 0 Å². The maximum Gasteiger partial charge on any atom is 0.348 e. The average Bonchev–Trinajstić information content (AvgIpc) is 2.29. The van der Waals surface area contributed by atoms with Gasteiger partial charge in [-0.1, -0.05) is 30.3 Å². The van der Waals surface area contributed by atoms with Crippen LogP contribution in [0.4, 0.5) is 8.78 Å². The average molecular weight is 230 g/mol. The Morgan fingerprint density at radius 1 is 1.38 bits per heavy atom. The Labute approximate surface area is 91.4 Å². The summed E-state index contributed by atoms with van der Waals surface area (Å²) in [6, 6.07) is 8.81.